The molecule has 0 fully saturated rings. The number of benzene rings is 1. The largest absolute Gasteiger partial charge is 0.255 e. The fourth-order valence-corrected chi connectivity index (χ4v) is 1.98. The van der Waals surface area contributed by atoms with Crippen LogP contribution in [0.25, 0.3) is 0 Å². The summed E-state index contributed by atoms with van der Waals surface area (Å²) >= 11 is 0. The van der Waals surface area contributed by atoms with Crippen molar-refractivity contribution in [3.05, 3.63) is 35.1 Å². The molecule has 0 heterocycles. The minimum absolute atomic E-state index is 0.267. The summed E-state index contributed by atoms with van der Waals surface area (Å²) in [5.74, 6) is -2.98. The third kappa shape index (κ3) is 2.66. The molecule has 13 heavy (non-hydrogen) atoms. The van der Waals surface area contributed by atoms with Gasteiger partial charge in [-0.2, -0.15) is 0 Å². The van der Waals surface area contributed by atoms with Gasteiger partial charge < -0.3 is 0 Å². The normalized spacial score (nSPS) is 11.6. The Morgan fingerprint density at radius 3 is 1.92 bits per heavy atom. The van der Waals surface area contributed by atoms with Crippen molar-refractivity contribution in [3.8, 4) is 0 Å². The van der Waals surface area contributed by atoms with Gasteiger partial charge in [0, 0.05) is 0 Å². The van der Waals surface area contributed by atoms with Gasteiger partial charge in [-0.25, -0.2) is 13.2 Å². The third-order valence-corrected chi connectivity index (χ3v) is 2.54. The highest BCUT2D eigenvalue weighted by atomic mass is 32.2. The fraction of sp³-hybridized carbons (Fsp3) is 0.333. The van der Waals surface area contributed by atoms with Crippen LogP contribution >= 0.6 is 10.9 Å². The molecule has 0 saturated carbocycles. The summed E-state index contributed by atoms with van der Waals surface area (Å²) in [5, 5.41) is 0. The Morgan fingerprint density at radius 1 is 1.08 bits per heavy atom. The maximum atomic E-state index is 12.7. The molecule has 0 N–H and O–H groups in total. The Bertz CT molecular complexity index is 287. The molecular weight excluding hydrogens is 197 g/mol. The van der Waals surface area contributed by atoms with E-state index in [4.69, 9.17) is 0 Å². The average Bonchev–Trinajstić information content (AvgIpc) is 1.98. The maximum Gasteiger partial charge on any atom is 0.194 e. The van der Waals surface area contributed by atoms with Crippen LogP contribution in [-0.2, 0) is 5.75 Å². The molecule has 0 aromatic heterocycles. The minimum atomic E-state index is -1.39. The Hall–Kier alpha value is -0.640. The molecule has 1 aromatic rings. The predicted molar refractivity (Wildman–Crippen MR) is 50.9 cm³/mol. The summed E-state index contributed by atoms with van der Waals surface area (Å²) < 4.78 is 37.9. The Kier molecular flexibility index (Phi) is 3.25. The van der Waals surface area contributed by atoms with Crippen LogP contribution in [0.5, 0.6) is 0 Å². The van der Waals surface area contributed by atoms with E-state index in [1.165, 1.54) is 0 Å². The van der Waals surface area contributed by atoms with Crippen molar-refractivity contribution in [1.29, 1.82) is 0 Å². The van der Waals surface area contributed by atoms with E-state index in [-0.39, 0.29) is 10.9 Å². The zero-order valence-corrected chi connectivity index (χ0v) is 8.34. The Balaban J connectivity index is 2.99. The van der Waals surface area contributed by atoms with E-state index in [0.717, 1.165) is 12.1 Å². The molecule has 0 aliphatic rings. The fourth-order valence-electron chi connectivity index (χ4n) is 1.06. The smallest absolute Gasteiger partial charge is 0.194 e. The van der Waals surface area contributed by atoms with Gasteiger partial charge in [0.25, 0.3) is 0 Å². The van der Waals surface area contributed by atoms with Crippen molar-refractivity contribution in [2.24, 2.45) is 0 Å². The molecule has 74 valence electrons. The van der Waals surface area contributed by atoms with Crippen molar-refractivity contribution < 1.29 is 13.2 Å². The van der Waals surface area contributed by atoms with Crippen LogP contribution in [0.2, 0.25) is 0 Å². The van der Waals surface area contributed by atoms with E-state index in [1.54, 1.807) is 0 Å². The van der Waals surface area contributed by atoms with Gasteiger partial charge in [-0.3, -0.25) is 10.9 Å². The highest BCUT2D eigenvalue weighted by Gasteiger charge is 2.10. The van der Waals surface area contributed by atoms with E-state index in [1.807, 2.05) is 12.5 Å². The van der Waals surface area contributed by atoms with Crippen molar-refractivity contribution in [3.63, 3.8) is 0 Å². The van der Waals surface area contributed by atoms with Gasteiger partial charge in [0.05, 0.1) is 0 Å². The molecule has 0 aliphatic heterocycles. The van der Waals surface area contributed by atoms with Crippen LogP contribution in [0.3, 0.4) is 0 Å². The first-order valence-corrected chi connectivity index (χ1v) is 6.21. The zero-order valence-electron chi connectivity index (χ0n) is 7.44. The number of hydrogen-bond donors (Lipinski definition) is 1. The molecule has 0 bridgehead atoms. The van der Waals surface area contributed by atoms with E-state index < -0.39 is 17.5 Å². The Labute approximate surface area is 78.1 Å². The van der Waals surface area contributed by atoms with E-state index >= 15 is 0 Å². The molecule has 0 nitrogen and oxygen atoms in total. The van der Waals surface area contributed by atoms with Crippen molar-refractivity contribution >= 4 is 10.9 Å². The van der Waals surface area contributed by atoms with Gasteiger partial charge in [-0.15, -0.1) is 0 Å². The van der Waals surface area contributed by atoms with Gasteiger partial charge in [-0.1, -0.05) is 0 Å². The maximum absolute atomic E-state index is 12.7. The summed E-state index contributed by atoms with van der Waals surface area (Å²) in [7, 11) is -0.267. The van der Waals surface area contributed by atoms with Gasteiger partial charge in [0.2, 0.25) is 0 Å². The number of halogens is 3. The number of hydrogen-bond acceptors (Lipinski definition) is 0. The summed E-state index contributed by atoms with van der Waals surface area (Å²) in [6.45, 7) is 0. The lowest BCUT2D eigenvalue weighted by Gasteiger charge is -2.09. The van der Waals surface area contributed by atoms with Gasteiger partial charge in [0.1, 0.15) is 0 Å². The second-order valence-corrected chi connectivity index (χ2v) is 5.59. The van der Waals surface area contributed by atoms with E-state index in [9.17, 15) is 13.2 Å². The molecule has 0 aliphatic carbocycles. The van der Waals surface area contributed by atoms with Crippen LogP contribution in [-0.4, -0.2) is 12.5 Å². The van der Waals surface area contributed by atoms with E-state index in [0.29, 0.717) is 11.3 Å². The highest BCUT2D eigenvalue weighted by Crippen LogP contribution is 2.23. The summed E-state index contributed by atoms with van der Waals surface area (Å²) in [5.41, 5.74) is 0.521. The summed E-state index contributed by atoms with van der Waals surface area (Å²) in [6, 6.07) is 2.11. The monoisotopic (exact) mass is 208 g/mol. The first-order valence-electron chi connectivity index (χ1n) is 3.79. The predicted octanol–water partition coefficient (Wildman–Crippen LogP) is 2.86. The van der Waals surface area contributed by atoms with Crippen molar-refractivity contribution in [1.82, 2.24) is 0 Å². The lowest BCUT2D eigenvalue weighted by molar-refractivity contribution is 0.446. The zero-order chi connectivity index (χ0) is 10.0. The Morgan fingerprint density at radius 2 is 1.54 bits per heavy atom. The minimum Gasteiger partial charge on any atom is -0.255 e. The van der Waals surface area contributed by atoms with Crippen molar-refractivity contribution in [2.45, 2.75) is 5.75 Å². The molecule has 0 unspecified atom stereocenters. The van der Waals surface area contributed by atoms with Crippen molar-refractivity contribution in [2.75, 3.05) is 12.5 Å². The van der Waals surface area contributed by atoms with E-state index in [2.05, 4.69) is 0 Å². The van der Waals surface area contributed by atoms with Gasteiger partial charge >= 0.3 is 0 Å². The molecule has 0 spiro atoms. The molecule has 0 amide bonds. The topological polar surface area (TPSA) is 0 Å². The standard InChI is InChI=1S/C9H11F3S/c1-13(2)5-6-3-7(10)9(12)8(11)4-6/h3-4,13H,5H2,1-2H3. The second-order valence-electron chi connectivity index (χ2n) is 3.11. The van der Waals surface area contributed by atoms with Crippen LogP contribution in [0.15, 0.2) is 12.1 Å². The second kappa shape index (κ2) is 4.05. The SMILES string of the molecule is C[SH](C)Cc1cc(F)c(F)c(F)c1. The quantitative estimate of drug-likeness (QED) is 0.560. The van der Waals surface area contributed by atoms with Gasteiger partial charge in [0.15, 0.2) is 17.5 Å². The number of rotatable bonds is 2. The lowest BCUT2D eigenvalue weighted by atomic mass is 10.2. The molecule has 0 radical (unpaired) electrons. The molecular formula is C9H11F3S. The molecule has 4 heteroatoms. The number of thiol groups is 1. The molecule has 0 atom stereocenters. The average molecular weight is 208 g/mol. The van der Waals surface area contributed by atoms with Crippen LogP contribution in [0, 0.1) is 17.5 Å². The van der Waals surface area contributed by atoms with Crippen LogP contribution < -0.4 is 0 Å². The highest BCUT2D eigenvalue weighted by molar-refractivity contribution is 8.15. The first kappa shape index (κ1) is 10.4. The molecule has 0 saturated heterocycles. The lowest BCUT2D eigenvalue weighted by Crippen LogP contribution is -1.94. The third-order valence-electron chi connectivity index (χ3n) is 1.54. The summed E-state index contributed by atoms with van der Waals surface area (Å²) in [4.78, 5) is 0. The van der Waals surface area contributed by atoms with Gasteiger partial charge in [-0.05, 0) is 36.0 Å². The van der Waals surface area contributed by atoms with Crippen LogP contribution in [0.1, 0.15) is 5.56 Å². The molecule has 1 aromatic carbocycles. The first-order chi connectivity index (χ1) is 6.00. The summed E-state index contributed by atoms with van der Waals surface area (Å²) in [6.07, 6.45) is 3.99. The van der Waals surface area contributed by atoms with Crippen LogP contribution in [0.4, 0.5) is 13.2 Å². The molecule has 1 rings (SSSR count).